The lowest BCUT2D eigenvalue weighted by atomic mass is 10.2. The molecule has 0 saturated heterocycles. The van der Waals surface area contributed by atoms with E-state index >= 15 is 0 Å². The van der Waals surface area contributed by atoms with E-state index in [1.807, 2.05) is 0 Å². The number of aromatic nitrogens is 4. The zero-order valence-corrected chi connectivity index (χ0v) is 23.8. The summed E-state index contributed by atoms with van der Waals surface area (Å²) in [7, 11) is 0. The molecule has 0 N–H and O–H groups in total. The number of nitrogens with zero attached hydrogens (tertiary/aromatic N) is 4. The molecular weight excluding hydrogens is 622 g/mol. The Labute approximate surface area is 227 Å². The number of hydrogen-bond donors (Lipinski definition) is 0. The SMILES string of the molecule is CCn1cc[n+](Cc2ccccc2)c1C.CCn1cc[n+](Cc2ccccc2)c1C.[I-].[I-]. The van der Waals surface area contributed by atoms with Crippen molar-refractivity contribution in [3.63, 3.8) is 0 Å². The van der Waals surface area contributed by atoms with Gasteiger partial charge in [0, 0.05) is 13.8 Å². The molecule has 4 aromatic rings. The molecule has 0 aliphatic rings. The Morgan fingerprint density at radius 2 is 0.938 bits per heavy atom. The van der Waals surface area contributed by atoms with Gasteiger partial charge in [0.1, 0.15) is 37.9 Å². The predicted molar refractivity (Wildman–Crippen MR) is 121 cm³/mol. The molecule has 0 saturated carbocycles. The van der Waals surface area contributed by atoms with Gasteiger partial charge < -0.3 is 48.0 Å². The van der Waals surface area contributed by atoms with Crippen LogP contribution in [0.2, 0.25) is 0 Å². The number of rotatable bonds is 6. The number of benzene rings is 2. The van der Waals surface area contributed by atoms with Crippen LogP contribution in [0.5, 0.6) is 0 Å². The summed E-state index contributed by atoms with van der Waals surface area (Å²) < 4.78 is 9.06. The van der Waals surface area contributed by atoms with Crippen LogP contribution in [0.3, 0.4) is 0 Å². The van der Waals surface area contributed by atoms with Gasteiger partial charge in [0.25, 0.3) is 11.6 Å². The van der Waals surface area contributed by atoms with Crippen molar-refractivity contribution in [3.05, 3.63) is 108 Å². The van der Waals surface area contributed by atoms with E-state index in [1.54, 1.807) is 0 Å². The summed E-state index contributed by atoms with van der Waals surface area (Å²) in [5.41, 5.74) is 2.69. The molecule has 2 aromatic heterocycles. The fourth-order valence-electron chi connectivity index (χ4n) is 3.65. The molecule has 6 heteroatoms. The fourth-order valence-corrected chi connectivity index (χ4v) is 3.65. The second-order valence-corrected chi connectivity index (χ2v) is 7.49. The highest BCUT2D eigenvalue weighted by Gasteiger charge is 2.11. The minimum atomic E-state index is 0. The first-order chi connectivity index (χ1) is 14.6. The third-order valence-electron chi connectivity index (χ3n) is 5.59. The van der Waals surface area contributed by atoms with Gasteiger partial charge >= 0.3 is 0 Å². The molecule has 0 aliphatic carbocycles. The van der Waals surface area contributed by atoms with E-state index in [2.05, 4.69) is 131 Å². The molecule has 0 aliphatic heterocycles. The Morgan fingerprint density at radius 1 is 0.594 bits per heavy atom. The summed E-state index contributed by atoms with van der Waals surface area (Å²) in [5, 5.41) is 0. The first kappa shape index (κ1) is 28.4. The van der Waals surface area contributed by atoms with E-state index in [0.29, 0.717) is 0 Å². The summed E-state index contributed by atoms with van der Waals surface area (Å²) in [6, 6.07) is 21.1. The topological polar surface area (TPSA) is 17.6 Å². The second kappa shape index (κ2) is 14.5. The van der Waals surface area contributed by atoms with Crippen molar-refractivity contribution >= 4 is 0 Å². The van der Waals surface area contributed by atoms with Gasteiger partial charge in [0.15, 0.2) is 0 Å². The Morgan fingerprint density at radius 3 is 1.22 bits per heavy atom. The quantitative estimate of drug-likeness (QED) is 0.175. The monoisotopic (exact) mass is 656 g/mol. The average Bonchev–Trinajstić information content (AvgIpc) is 3.32. The molecule has 0 fully saturated rings. The Hall–Kier alpha value is -1.68. The highest BCUT2D eigenvalue weighted by Crippen LogP contribution is 2.01. The number of imidazole rings is 2. The zero-order valence-electron chi connectivity index (χ0n) is 19.5. The van der Waals surface area contributed by atoms with E-state index in [0.717, 1.165) is 26.2 Å². The lowest BCUT2D eigenvalue weighted by Crippen LogP contribution is -3.00. The summed E-state index contributed by atoms with van der Waals surface area (Å²) in [5.74, 6) is 2.61. The molecule has 0 bridgehead atoms. The predicted octanol–water partition coefficient (Wildman–Crippen LogP) is -1.69. The van der Waals surface area contributed by atoms with Gasteiger partial charge in [-0.1, -0.05) is 60.7 Å². The van der Waals surface area contributed by atoms with Gasteiger partial charge in [0.05, 0.1) is 13.1 Å². The Kier molecular flexibility index (Phi) is 12.8. The second-order valence-electron chi connectivity index (χ2n) is 7.49. The molecule has 2 aromatic carbocycles. The van der Waals surface area contributed by atoms with E-state index in [-0.39, 0.29) is 48.0 Å². The largest absolute Gasteiger partial charge is 1.00 e. The van der Waals surface area contributed by atoms with Gasteiger partial charge in [0.2, 0.25) is 0 Å². The van der Waals surface area contributed by atoms with E-state index in [4.69, 9.17) is 0 Å². The molecule has 0 amide bonds. The maximum absolute atomic E-state index is 2.28. The molecule has 0 spiro atoms. The number of hydrogen-bond acceptors (Lipinski definition) is 0. The van der Waals surface area contributed by atoms with Crippen LogP contribution in [0, 0.1) is 13.8 Å². The summed E-state index contributed by atoms with van der Waals surface area (Å²) in [4.78, 5) is 0. The van der Waals surface area contributed by atoms with Gasteiger partial charge in [-0.3, -0.25) is 0 Å². The Bertz CT molecular complexity index is 955. The van der Waals surface area contributed by atoms with Crippen molar-refractivity contribution in [3.8, 4) is 0 Å². The summed E-state index contributed by atoms with van der Waals surface area (Å²) in [6.45, 7) is 12.6. The van der Waals surface area contributed by atoms with Gasteiger partial charge in [-0.05, 0) is 25.0 Å². The van der Waals surface area contributed by atoms with Crippen LogP contribution in [-0.2, 0) is 26.2 Å². The van der Waals surface area contributed by atoms with Crippen LogP contribution >= 0.6 is 0 Å². The third-order valence-corrected chi connectivity index (χ3v) is 5.59. The van der Waals surface area contributed by atoms with E-state index in [1.165, 1.54) is 22.8 Å². The van der Waals surface area contributed by atoms with Crippen molar-refractivity contribution in [1.29, 1.82) is 0 Å². The molecular formula is C26H34I2N4. The van der Waals surface area contributed by atoms with E-state index < -0.39 is 0 Å². The summed E-state index contributed by atoms with van der Waals surface area (Å²) in [6.07, 6.45) is 8.56. The minimum Gasteiger partial charge on any atom is -1.00 e. The lowest BCUT2D eigenvalue weighted by Gasteiger charge is -1.99. The molecule has 0 atom stereocenters. The molecule has 2 heterocycles. The van der Waals surface area contributed by atoms with Crippen molar-refractivity contribution in [1.82, 2.24) is 9.13 Å². The highest BCUT2D eigenvalue weighted by atomic mass is 127. The third kappa shape index (κ3) is 7.72. The standard InChI is InChI=1S/2C13H17N2.2HI/c2*1-3-14-9-10-15(12(14)2)11-13-7-5-4-6-8-13;;/h2*4-10H,3,11H2,1-2H3;2*1H/q2*+1;;/p-2. The summed E-state index contributed by atoms with van der Waals surface area (Å²) >= 11 is 0. The van der Waals surface area contributed by atoms with Crippen LogP contribution in [0.4, 0.5) is 0 Å². The zero-order chi connectivity index (χ0) is 21.3. The molecule has 172 valence electrons. The maximum atomic E-state index is 2.28. The molecule has 4 rings (SSSR count). The maximum Gasteiger partial charge on any atom is 0.253 e. The van der Waals surface area contributed by atoms with Crippen molar-refractivity contribution in [2.45, 2.75) is 53.9 Å². The number of halogens is 2. The lowest BCUT2D eigenvalue weighted by molar-refractivity contribution is -0.694. The first-order valence-corrected chi connectivity index (χ1v) is 10.8. The molecule has 0 radical (unpaired) electrons. The van der Waals surface area contributed by atoms with Crippen molar-refractivity contribution < 1.29 is 57.1 Å². The van der Waals surface area contributed by atoms with Crippen LogP contribution in [-0.4, -0.2) is 9.13 Å². The van der Waals surface area contributed by atoms with E-state index in [9.17, 15) is 0 Å². The minimum absolute atomic E-state index is 0. The van der Waals surface area contributed by atoms with Crippen LogP contribution in [0.1, 0.15) is 36.6 Å². The van der Waals surface area contributed by atoms with Gasteiger partial charge in [-0.2, -0.15) is 0 Å². The smallest absolute Gasteiger partial charge is 0.253 e. The van der Waals surface area contributed by atoms with Crippen molar-refractivity contribution in [2.24, 2.45) is 0 Å². The van der Waals surface area contributed by atoms with Gasteiger partial charge in [-0.25, -0.2) is 18.3 Å². The van der Waals surface area contributed by atoms with Gasteiger partial charge in [-0.15, -0.1) is 0 Å². The van der Waals surface area contributed by atoms with Crippen molar-refractivity contribution in [2.75, 3.05) is 0 Å². The average molecular weight is 656 g/mol. The van der Waals surface area contributed by atoms with Crippen LogP contribution in [0.25, 0.3) is 0 Å². The molecule has 32 heavy (non-hydrogen) atoms. The normalized spacial score (nSPS) is 9.88. The fraction of sp³-hybridized carbons (Fsp3) is 0.308. The molecule has 4 nitrogen and oxygen atoms in total. The first-order valence-electron chi connectivity index (χ1n) is 10.8. The number of aryl methyl sites for hydroxylation is 2. The van der Waals surface area contributed by atoms with Crippen LogP contribution in [0.15, 0.2) is 85.5 Å². The molecule has 0 unspecified atom stereocenters. The van der Waals surface area contributed by atoms with Crippen LogP contribution < -0.4 is 57.1 Å². The Balaban J connectivity index is 0.000000301. The highest BCUT2D eigenvalue weighted by molar-refractivity contribution is 5.14.